The first kappa shape index (κ1) is 12.5. The second-order valence-electron chi connectivity index (χ2n) is 4.56. The van der Waals surface area contributed by atoms with Crippen LogP contribution in [0.4, 0.5) is 8.78 Å². The van der Waals surface area contributed by atoms with Crippen LogP contribution in [0.25, 0.3) is 0 Å². The van der Waals surface area contributed by atoms with Gasteiger partial charge in [0.15, 0.2) is 11.6 Å². The van der Waals surface area contributed by atoms with Crippen molar-refractivity contribution < 1.29 is 8.78 Å². The maximum atomic E-state index is 13.9. The van der Waals surface area contributed by atoms with E-state index in [2.05, 4.69) is 10.2 Å². The van der Waals surface area contributed by atoms with Gasteiger partial charge < -0.3 is 5.32 Å². The maximum absolute atomic E-state index is 13.9. The first-order valence-electron chi connectivity index (χ1n) is 6.00. The van der Waals surface area contributed by atoms with Gasteiger partial charge in [-0.1, -0.05) is 12.1 Å². The first-order chi connectivity index (χ1) is 8.11. The second-order valence-corrected chi connectivity index (χ2v) is 4.56. The lowest BCUT2D eigenvalue weighted by atomic mass is 10.0. The lowest BCUT2D eigenvalue weighted by Gasteiger charge is -2.33. The van der Waals surface area contributed by atoms with Crippen LogP contribution in [0.1, 0.15) is 24.1 Å². The van der Waals surface area contributed by atoms with Gasteiger partial charge in [0.1, 0.15) is 0 Å². The largest absolute Gasteiger partial charge is 0.314 e. The first-order valence-corrected chi connectivity index (χ1v) is 6.00. The topological polar surface area (TPSA) is 15.3 Å². The molecule has 1 aromatic carbocycles. The predicted octanol–water partition coefficient (Wildman–Crippen LogP) is 2.24. The summed E-state index contributed by atoms with van der Waals surface area (Å²) in [6.07, 6.45) is 0. The lowest BCUT2D eigenvalue weighted by molar-refractivity contribution is 0.181. The molecule has 1 aliphatic heterocycles. The summed E-state index contributed by atoms with van der Waals surface area (Å²) in [6.45, 7) is 7.06. The van der Waals surface area contributed by atoms with Crippen LogP contribution in [0.2, 0.25) is 0 Å². The van der Waals surface area contributed by atoms with Crippen LogP contribution in [0.15, 0.2) is 12.1 Å². The number of hydrogen-bond acceptors (Lipinski definition) is 2. The molecule has 0 radical (unpaired) electrons. The highest BCUT2D eigenvalue weighted by Gasteiger charge is 2.22. The van der Waals surface area contributed by atoms with E-state index in [-0.39, 0.29) is 6.04 Å². The van der Waals surface area contributed by atoms with Crippen molar-refractivity contribution in [2.24, 2.45) is 0 Å². The molecule has 1 atom stereocenters. The SMILES string of the molecule is Cc1ccc([C@@H](C)N2CCNCC2)c(F)c1F. The number of hydrogen-bond donors (Lipinski definition) is 1. The molecule has 0 amide bonds. The number of rotatable bonds is 2. The third kappa shape index (κ3) is 2.48. The molecule has 1 heterocycles. The summed E-state index contributed by atoms with van der Waals surface area (Å²) in [7, 11) is 0. The average Bonchev–Trinajstić information content (AvgIpc) is 2.36. The van der Waals surface area contributed by atoms with Gasteiger partial charge >= 0.3 is 0 Å². The van der Waals surface area contributed by atoms with Gasteiger partial charge in [0, 0.05) is 37.8 Å². The molecule has 0 unspecified atom stereocenters. The van der Waals surface area contributed by atoms with E-state index < -0.39 is 11.6 Å². The molecule has 0 bridgehead atoms. The molecule has 17 heavy (non-hydrogen) atoms. The molecule has 4 heteroatoms. The Hall–Kier alpha value is -1.00. The van der Waals surface area contributed by atoms with Crippen molar-refractivity contribution in [3.8, 4) is 0 Å². The molecule has 94 valence electrons. The van der Waals surface area contributed by atoms with Crippen molar-refractivity contribution in [1.82, 2.24) is 10.2 Å². The van der Waals surface area contributed by atoms with E-state index in [0.29, 0.717) is 11.1 Å². The van der Waals surface area contributed by atoms with E-state index in [1.807, 2.05) is 6.92 Å². The number of aryl methyl sites for hydroxylation is 1. The Balaban J connectivity index is 2.24. The summed E-state index contributed by atoms with van der Waals surface area (Å²) in [5.41, 5.74) is 0.814. The van der Waals surface area contributed by atoms with Gasteiger partial charge in [0.25, 0.3) is 0 Å². The summed E-state index contributed by atoms with van der Waals surface area (Å²) in [5.74, 6) is -1.42. The van der Waals surface area contributed by atoms with Crippen molar-refractivity contribution in [3.05, 3.63) is 34.9 Å². The molecule has 1 fully saturated rings. The number of benzene rings is 1. The van der Waals surface area contributed by atoms with Gasteiger partial charge in [0.2, 0.25) is 0 Å². The molecular weight excluding hydrogens is 222 g/mol. The molecule has 0 aliphatic carbocycles. The van der Waals surface area contributed by atoms with Gasteiger partial charge in [0.05, 0.1) is 0 Å². The number of piperazine rings is 1. The minimum atomic E-state index is -0.718. The van der Waals surface area contributed by atoms with Gasteiger partial charge in [-0.05, 0) is 19.4 Å². The van der Waals surface area contributed by atoms with Crippen LogP contribution in [-0.2, 0) is 0 Å². The van der Waals surface area contributed by atoms with Crippen LogP contribution in [0, 0.1) is 18.6 Å². The molecular formula is C13H18F2N2. The van der Waals surface area contributed by atoms with Crippen molar-refractivity contribution in [3.63, 3.8) is 0 Å². The summed E-state index contributed by atoms with van der Waals surface area (Å²) >= 11 is 0. The molecule has 2 rings (SSSR count). The van der Waals surface area contributed by atoms with Crippen molar-refractivity contribution in [1.29, 1.82) is 0 Å². The molecule has 0 aromatic heterocycles. The van der Waals surface area contributed by atoms with E-state index in [0.717, 1.165) is 26.2 Å². The smallest absolute Gasteiger partial charge is 0.163 e. The third-order valence-electron chi connectivity index (χ3n) is 3.45. The molecule has 2 nitrogen and oxygen atoms in total. The number of nitrogens with zero attached hydrogens (tertiary/aromatic N) is 1. The van der Waals surface area contributed by atoms with Crippen LogP contribution < -0.4 is 5.32 Å². The van der Waals surface area contributed by atoms with E-state index in [1.54, 1.807) is 19.1 Å². The van der Waals surface area contributed by atoms with E-state index in [1.165, 1.54) is 0 Å². The van der Waals surface area contributed by atoms with Gasteiger partial charge in [-0.15, -0.1) is 0 Å². The summed E-state index contributed by atoms with van der Waals surface area (Å²) in [4.78, 5) is 2.17. The molecule has 1 saturated heterocycles. The maximum Gasteiger partial charge on any atom is 0.163 e. The number of halogens is 2. The quantitative estimate of drug-likeness (QED) is 0.853. The zero-order valence-corrected chi connectivity index (χ0v) is 10.3. The highest BCUT2D eigenvalue weighted by Crippen LogP contribution is 2.26. The Bertz CT molecular complexity index is 401. The third-order valence-corrected chi connectivity index (χ3v) is 3.45. The minimum absolute atomic E-state index is 0.0767. The van der Waals surface area contributed by atoms with Crippen molar-refractivity contribution in [2.75, 3.05) is 26.2 Å². The Morgan fingerprint density at radius 2 is 1.82 bits per heavy atom. The molecule has 1 aromatic rings. The van der Waals surface area contributed by atoms with E-state index in [4.69, 9.17) is 0 Å². The Morgan fingerprint density at radius 3 is 2.47 bits per heavy atom. The second kappa shape index (κ2) is 5.10. The molecule has 0 spiro atoms. The van der Waals surface area contributed by atoms with Crippen molar-refractivity contribution >= 4 is 0 Å². The highest BCUT2D eigenvalue weighted by molar-refractivity contribution is 5.27. The standard InChI is InChI=1S/C13H18F2N2/c1-9-3-4-11(13(15)12(9)14)10(2)17-7-5-16-6-8-17/h3-4,10,16H,5-8H2,1-2H3/t10-/m1/s1. The monoisotopic (exact) mass is 240 g/mol. The minimum Gasteiger partial charge on any atom is -0.314 e. The van der Waals surface area contributed by atoms with Gasteiger partial charge in [-0.2, -0.15) is 0 Å². The van der Waals surface area contributed by atoms with Crippen LogP contribution in [0.5, 0.6) is 0 Å². The van der Waals surface area contributed by atoms with Crippen LogP contribution in [0.3, 0.4) is 0 Å². The van der Waals surface area contributed by atoms with Gasteiger partial charge in [-0.25, -0.2) is 8.78 Å². The lowest BCUT2D eigenvalue weighted by Crippen LogP contribution is -2.44. The fraction of sp³-hybridized carbons (Fsp3) is 0.538. The normalized spacial score (nSPS) is 19.3. The summed E-state index contributed by atoms with van der Waals surface area (Å²) in [6, 6.07) is 3.26. The number of nitrogens with one attached hydrogen (secondary N) is 1. The average molecular weight is 240 g/mol. The van der Waals surface area contributed by atoms with Gasteiger partial charge in [-0.3, -0.25) is 4.90 Å². The molecule has 1 N–H and O–H groups in total. The summed E-state index contributed by atoms with van der Waals surface area (Å²) in [5, 5.41) is 3.25. The zero-order valence-electron chi connectivity index (χ0n) is 10.3. The predicted molar refractivity (Wildman–Crippen MR) is 64.0 cm³/mol. The Kier molecular flexibility index (Phi) is 3.74. The fourth-order valence-electron chi connectivity index (χ4n) is 2.25. The molecule has 0 saturated carbocycles. The Morgan fingerprint density at radius 1 is 1.18 bits per heavy atom. The summed E-state index contributed by atoms with van der Waals surface area (Å²) < 4.78 is 27.4. The van der Waals surface area contributed by atoms with Crippen molar-refractivity contribution in [2.45, 2.75) is 19.9 Å². The van der Waals surface area contributed by atoms with E-state index >= 15 is 0 Å². The Labute approximate surface area is 101 Å². The zero-order chi connectivity index (χ0) is 12.4. The fourth-order valence-corrected chi connectivity index (χ4v) is 2.25. The van der Waals surface area contributed by atoms with Crippen LogP contribution in [-0.4, -0.2) is 31.1 Å². The van der Waals surface area contributed by atoms with Crippen LogP contribution >= 0.6 is 0 Å². The van der Waals surface area contributed by atoms with E-state index in [9.17, 15) is 8.78 Å². The molecule has 1 aliphatic rings. The highest BCUT2D eigenvalue weighted by atomic mass is 19.2.